The Bertz CT molecular complexity index is 798. The van der Waals surface area contributed by atoms with Gasteiger partial charge in [0.25, 0.3) is 0 Å². The predicted octanol–water partition coefficient (Wildman–Crippen LogP) is -0.286. The standard InChI is InChI=1S/C14H22N2O5S.C2H2O4/c1-10(2)15-7-14(17)8-20-12-5-4-11(16-22(3,18)19)6-13(12)21-9-14;3-1(4)2(5)6/h4-6,10,15-17H,7-9H2,1-3H3;(H,3,4)(H,5,6). The number of benzene rings is 1. The number of aliphatic carboxylic acids is 2. The quantitative estimate of drug-likeness (QED) is 0.399. The molecule has 1 unspecified atom stereocenters. The molecule has 158 valence electrons. The van der Waals surface area contributed by atoms with Crippen LogP contribution in [0.25, 0.3) is 0 Å². The van der Waals surface area contributed by atoms with Crippen molar-refractivity contribution in [1.29, 1.82) is 0 Å². The molecule has 0 saturated heterocycles. The van der Waals surface area contributed by atoms with Crippen LogP contribution < -0.4 is 19.5 Å². The van der Waals surface area contributed by atoms with Crippen LogP contribution in [0.5, 0.6) is 11.5 Å². The van der Waals surface area contributed by atoms with Gasteiger partial charge < -0.3 is 30.1 Å². The second kappa shape index (κ2) is 9.57. The van der Waals surface area contributed by atoms with Crippen molar-refractivity contribution in [3.63, 3.8) is 0 Å². The van der Waals surface area contributed by atoms with Crippen LogP contribution in [0.3, 0.4) is 0 Å². The minimum Gasteiger partial charge on any atom is -0.486 e. The molecule has 0 aliphatic carbocycles. The van der Waals surface area contributed by atoms with E-state index in [1.165, 1.54) is 6.07 Å². The van der Waals surface area contributed by atoms with Crippen molar-refractivity contribution in [3.8, 4) is 11.5 Å². The maximum atomic E-state index is 11.3. The van der Waals surface area contributed by atoms with Gasteiger partial charge in [-0.05, 0) is 12.1 Å². The molecule has 1 heterocycles. The molecular weight excluding hydrogens is 396 g/mol. The monoisotopic (exact) mass is 420 g/mol. The van der Waals surface area contributed by atoms with Gasteiger partial charge in [-0.1, -0.05) is 13.8 Å². The molecule has 12 heteroatoms. The fraction of sp³-hybridized carbons (Fsp3) is 0.500. The summed E-state index contributed by atoms with van der Waals surface area (Å²) in [5.74, 6) is -2.78. The van der Waals surface area contributed by atoms with E-state index in [0.717, 1.165) is 6.26 Å². The van der Waals surface area contributed by atoms with Crippen molar-refractivity contribution in [3.05, 3.63) is 18.2 Å². The lowest BCUT2D eigenvalue weighted by Crippen LogP contribution is -2.50. The van der Waals surface area contributed by atoms with Gasteiger partial charge in [0, 0.05) is 18.7 Å². The molecule has 0 fully saturated rings. The maximum absolute atomic E-state index is 11.3. The number of nitrogens with one attached hydrogen (secondary N) is 2. The number of carboxylic acids is 2. The van der Waals surface area contributed by atoms with Gasteiger partial charge in [-0.15, -0.1) is 0 Å². The second-order valence-electron chi connectivity index (χ2n) is 6.48. The van der Waals surface area contributed by atoms with E-state index in [2.05, 4.69) is 10.0 Å². The lowest BCUT2D eigenvalue weighted by Gasteiger charge is -2.26. The van der Waals surface area contributed by atoms with E-state index in [1.807, 2.05) is 13.8 Å². The van der Waals surface area contributed by atoms with Gasteiger partial charge in [-0.2, -0.15) is 0 Å². The zero-order valence-electron chi connectivity index (χ0n) is 15.6. The van der Waals surface area contributed by atoms with E-state index >= 15 is 0 Å². The Morgan fingerprint density at radius 1 is 1.14 bits per heavy atom. The normalized spacial score (nSPS) is 18.5. The summed E-state index contributed by atoms with van der Waals surface area (Å²) < 4.78 is 36.1. The molecule has 5 N–H and O–H groups in total. The highest BCUT2D eigenvalue weighted by Crippen LogP contribution is 2.34. The van der Waals surface area contributed by atoms with Crippen LogP contribution in [-0.4, -0.2) is 73.3 Å². The summed E-state index contributed by atoms with van der Waals surface area (Å²) in [7, 11) is -3.36. The molecule has 1 aliphatic heterocycles. The number of carbonyl (C=O) groups is 2. The Hall–Kier alpha value is -2.57. The molecule has 0 radical (unpaired) electrons. The lowest BCUT2D eigenvalue weighted by atomic mass is 10.1. The van der Waals surface area contributed by atoms with Crippen LogP contribution in [0.4, 0.5) is 5.69 Å². The third kappa shape index (κ3) is 8.41. The summed E-state index contributed by atoms with van der Waals surface area (Å²) in [6.45, 7) is 4.47. The van der Waals surface area contributed by atoms with Crippen molar-refractivity contribution in [2.75, 3.05) is 30.7 Å². The molecule has 2 rings (SSSR count). The second-order valence-corrected chi connectivity index (χ2v) is 8.23. The van der Waals surface area contributed by atoms with Crippen molar-refractivity contribution in [1.82, 2.24) is 5.32 Å². The first-order valence-electron chi connectivity index (χ1n) is 8.11. The van der Waals surface area contributed by atoms with Gasteiger partial charge in [0.1, 0.15) is 18.8 Å². The fourth-order valence-electron chi connectivity index (χ4n) is 1.98. The molecule has 1 aromatic rings. The molecule has 0 aromatic heterocycles. The van der Waals surface area contributed by atoms with Crippen molar-refractivity contribution >= 4 is 27.6 Å². The van der Waals surface area contributed by atoms with Crippen molar-refractivity contribution in [2.45, 2.75) is 25.5 Å². The lowest BCUT2D eigenvalue weighted by molar-refractivity contribution is -0.159. The number of hydrogen-bond donors (Lipinski definition) is 5. The topological polar surface area (TPSA) is 171 Å². The number of anilines is 1. The molecule has 28 heavy (non-hydrogen) atoms. The molecule has 1 aromatic carbocycles. The summed E-state index contributed by atoms with van der Waals surface area (Å²) in [6, 6.07) is 4.97. The van der Waals surface area contributed by atoms with E-state index in [9.17, 15) is 13.5 Å². The molecule has 1 aliphatic rings. The Balaban J connectivity index is 0.000000568. The number of rotatable bonds is 5. The van der Waals surface area contributed by atoms with Crippen LogP contribution in [-0.2, 0) is 19.6 Å². The van der Waals surface area contributed by atoms with E-state index in [0.29, 0.717) is 23.7 Å². The first kappa shape index (κ1) is 23.5. The number of carboxylic acid groups (broad SMARTS) is 2. The molecular formula is C16H24N2O9S. The highest BCUT2D eigenvalue weighted by molar-refractivity contribution is 7.92. The van der Waals surface area contributed by atoms with Crippen LogP contribution in [0, 0.1) is 0 Å². The molecule has 11 nitrogen and oxygen atoms in total. The van der Waals surface area contributed by atoms with Gasteiger partial charge in [-0.3, -0.25) is 4.72 Å². The van der Waals surface area contributed by atoms with E-state index in [-0.39, 0.29) is 19.3 Å². The van der Waals surface area contributed by atoms with Gasteiger partial charge in [0.05, 0.1) is 11.9 Å². The Labute approximate surface area is 162 Å². The SMILES string of the molecule is CC(C)NCC1(O)COc2ccc(NS(C)(=O)=O)cc2OC1.O=C(O)C(=O)O. The molecule has 0 bridgehead atoms. The number of sulfonamides is 1. The number of hydrogen-bond acceptors (Lipinski definition) is 8. The first-order chi connectivity index (χ1) is 12.8. The minimum absolute atomic E-state index is 0.0576. The van der Waals surface area contributed by atoms with Gasteiger partial charge in [-0.25, -0.2) is 18.0 Å². The van der Waals surface area contributed by atoms with Crippen LogP contribution in [0.1, 0.15) is 13.8 Å². The van der Waals surface area contributed by atoms with Crippen LogP contribution in [0.15, 0.2) is 18.2 Å². The number of aliphatic hydroxyl groups is 1. The summed E-state index contributed by atoms with van der Waals surface area (Å²) >= 11 is 0. The molecule has 0 saturated carbocycles. The summed E-state index contributed by atoms with van der Waals surface area (Å²) in [5.41, 5.74) is -0.760. The smallest absolute Gasteiger partial charge is 0.414 e. The van der Waals surface area contributed by atoms with E-state index < -0.39 is 27.6 Å². The molecule has 1 atom stereocenters. The van der Waals surface area contributed by atoms with Gasteiger partial charge in [0.2, 0.25) is 10.0 Å². The number of ether oxygens (including phenoxy) is 2. The zero-order chi connectivity index (χ0) is 21.5. The zero-order valence-corrected chi connectivity index (χ0v) is 16.4. The summed E-state index contributed by atoms with van der Waals surface area (Å²) in [6.07, 6.45) is 1.08. The molecule has 0 amide bonds. The van der Waals surface area contributed by atoms with E-state index in [4.69, 9.17) is 29.3 Å². The van der Waals surface area contributed by atoms with Crippen LogP contribution >= 0.6 is 0 Å². The average molecular weight is 420 g/mol. The minimum atomic E-state index is -3.36. The largest absolute Gasteiger partial charge is 0.486 e. The summed E-state index contributed by atoms with van der Waals surface area (Å²) in [5, 5.41) is 28.4. The average Bonchev–Trinajstić information content (AvgIpc) is 2.72. The van der Waals surface area contributed by atoms with Gasteiger partial charge in [0.15, 0.2) is 11.5 Å². The van der Waals surface area contributed by atoms with Gasteiger partial charge >= 0.3 is 11.9 Å². The third-order valence-corrected chi connectivity index (χ3v) is 3.87. The fourth-order valence-corrected chi connectivity index (χ4v) is 2.53. The maximum Gasteiger partial charge on any atom is 0.414 e. The van der Waals surface area contributed by atoms with Crippen molar-refractivity contribution in [2.24, 2.45) is 0 Å². The Morgan fingerprint density at radius 2 is 1.68 bits per heavy atom. The molecule has 0 spiro atoms. The number of fused-ring (bicyclic) bond motifs is 1. The Kier molecular flexibility index (Phi) is 8.02. The van der Waals surface area contributed by atoms with E-state index in [1.54, 1.807) is 12.1 Å². The Morgan fingerprint density at radius 3 is 2.14 bits per heavy atom. The summed E-state index contributed by atoms with van der Waals surface area (Å²) in [4.78, 5) is 18.2. The highest BCUT2D eigenvalue weighted by Gasteiger charge is 2.32. The van der Waals surface area contributed by atoms with Crippen molar-refractivity contribution < 1.29 is 42.8 Å². The first-order valence-corrected chi connectivity index (χ1v) is 10.00. The highest BCUT2D eigenvalue weighted by atomic mass is 32.2. The third-order valence-electron chi connectivity index (χ3n) is 3.26. The van der Waals surface area contributed by atoms with Crippen LogP contribution in [0.2, 0.25) is 0 Å². The predicted molar refractivity (Wildman–Crippen MR) is 99.3 cm³/mol.